The Kier molecular flexibility index (Phi) is 8.45. The van der Waals surface area contributed by atoms with Crippen molar-refractivity contribution in [2.75, 3.05) is 38.2 Å². The van der Waals surface area contributed by atoms with Crippen LogP contribution in [0.4, 0.5) is 4.39 Å². The Morgan fingerprint density at radius 3 is 2.61 bits per heavy atom. The van der Waals surface area contributed by atoms with Crippen molar-refractivity contribution in [3.63, 3.8) is 0 Å². The number of nitrogens with one attached hydrogen (secondary N) is 1. The predicted molar refractivity (Wildman–Crippen MR) is 122 cm³/mol. The van der Waals surface area contributed by atoms with Crippen molar-refractivity contribution >= 4 is 39.0 Å². The summed E-state index contributed by atoms with van der Waals surface area (Å²) < 4.78 is 41.9. The van der Waals surface area contributed by atoms with Crippen molar-refractivity contribution in [3.8, 4) is 0 Å². The van der Waals surface area contributed by atoms with Gasteiger partial charge in [-0.2, -0.15) is 16.5 Å². The lowest BCUT2D eigenvalue weighted by atomic mass is 10.2. The number of carbonyl (C=O) groups excluding carboxylic acids is 1. The molecular formula is C20H27FN4O3S3. The molecule has 1 fully saturated rings. The third kappa shape index (κ3) is 6.48. The summed E-state index contributed by atoms with van der Waals surface area (Å²) in [5, 5.41) is 3.07. The number of hydrogen-bond acceptors (Lipinski definition) is 7. The summed E-state index contributed by atoms with van der Waals surface area (Å²) in [5.41, 5.74) is 1.03. The molecule has 0 spiro atoms. The average Bonchev–Trinajstić information content (AvgIpc) is 3.16. The molecule has 1 amide bonds. The lowest BCUT2D eigenvalue weighted by molar-refractivity contribution is -0.134. The van der Waals surface area contributed by atoms with Gasteiger partial charge in [-0.3, -0.25) is 9.69 Å². The van der Waals surface area contributed by atoms with Crippen molar-refractivity contribution in [1.29, 1.82) is 0 Å². The molecule has 2 heterocycles. The van der Waals surface area contributed by atoms with Gasteiger partial charge >= 0.3 is 0 Å². The standard InChI is InChI=1S/C20H27FN4O3S3/c1-15-22-16(14-30-15)13-24-8-10-25(11-9-24)20(26)18(7-12-29-2)23-31(27,28)19-6-4-3-5-17(19)21/h3-6,14,18,23H,7-13H2,1-2H3. The first kappa shape index (κ1) is 24.1. The number of aryl methyl sites for hydroxylation is 1. The summed E-state index contributed by atoms with van der Waals surface area (Å²) in [6, 6.07) is 4.25. The van der Waals surface area contributed by atoms with Crippen LogP contribution in [0.3, 0.4) is 0 Å². The van der Waals surface area contributed by atoms with Gasteiger partial charge in [0.25, 0.3) is 0 Å². The number of rotatable bonds is 9. The number of thiazole rings is 1. The normalized spacial score (nSPS) is 16.4. The first-order valence-corrected chi connectivity index (χ1v) is 13.7. The van der Waals surface area contributed by atoms with Gasteiger partial charge in [0, 0.05) is 38.1 Å². The van der Waals surface area contributed by atoms with Crippen molar-refractivity contribution in [1.82, 2.24) is 19.5 Å². The van der Waals surface area contributed by atoms with E-state index in [-0.39, 0.29) is 5.91 Å². The summed E-state index contributed by atoms with van der Waals surface area (Å²) >= 11 is 3.15. The van der Waals surface area contributed by atoms with Gasteiger partial charge in [0.05, 0.1) is 10.7 Å². The molecule has 1 unspecified atom stereocenters. The minimum atomic E-state index is -4.15. The Balaban J connectivity index is 1.64. The topological polar surface area (TPSA) is 82.6 Å². The highest BCUT2D eigenvalue weighted by Crippen LogP contribution is 2.17. The van der Waals surface area contributed by atoms with Gasteiger partial charge in [-0.1, -0.05) is 12.1 Å². The van der Waals surface area contributed by atoms with Crippen LogP contribution in [-0.2, 0) is 21.4 Å². The Hall–Kier alpha value is -1.53. The van der Waals surface area contributed by atoms with Gasteiger partial charge < -0.3 is 4.90 Å². The van der Waals surface area contributed by atoms with E-state index < -0.39 is 26.8 Å². The maximum atomic E-state index is 14.0. The van der Waals surface area contributed by atoms with Crippen LogP contribution in [0.1, 0.15) is 17.1 Å². The lowest BCUT2D eigenvalue weighted by Crippen LogP contribution is -2.54. The molecule has 1 saturated heterocycles. The minimum absolute atomic E-state index is 0.266. The van der Waals surface area contributed by atoms with E-state index in [1.54, 1.807) is 16.2 Å². The van der Waals surface area contributed by atoms with E-state index in [0.29, 0.717) is 38.4 Å². The zero-order valence-electron chi connectivity index (χ0n) is 17.6. The SMILES string of the molecule is CSCCC(NS(=O)(=O)c1ccccc1F)C(=O)N1CCN(Cc2csc(C)n2)CC1. The predicted octanol–water partition coefficient (Wildman–Crippen LogP) is 2.34. The highest BCUT2D eigenvalue weighted by Gasteiger charge is 2.31. The number of sulfonamides is 1. The van der Waals surface area contributed by atoms with Crippen molar-refractivity contribution < 1.29 is 17.6 Å². The molecule has 0 radical (unpaired) electrons. The molecule has 11 heteroatoms. The van der Waals surface area contributed by atoms with Crippen LogP contribution in [0.25, 0.3) is 0 Å². The Morgan fingerprint density at radius 2 is 2.00 bits per heavy atom. The Bertz CT molecular complexity index is 991. The van der Waals surface area contributed by atoms with Crippen molar-refractivity contribution in [2.24, 2.45) is 0 Å². The zero-order chi connectivity index (χ0) is 22.4. The van der Waals surface area contributed by atoms with Gasteiger partial charge in [-0.05, 0) is 37.5 Å². The quantitative estimate of drug-likeness (QED) is 0.586. The Labute approximate surface area is 191 Å². The summed E-state index contributed by atoms with van der Waals surface area (Å²) in [5.74, 6) is -0.491. The van der Waals surface area contributed by atoms with E-state index in [9.17, 15) is 17.6 Å². The lowest BCUT2D eigenvalue weighted by Gasteiger charge is -2.36. The highest BCUT2D eigenvalue weighted by molar-refractivity contribution is 7.98. The number of piperazine rings is 1. The molecule has 1 aromatic heterocycles. The summed E-state index contributed by atoms with van der Waals surface area (Å²) in [7, 11) is -4.15. The molecule has 2 aromatic rings. The maximum absolute atomic E-state index is 14.0. The van der Waals surface area contributed by atoms with Crippen LogP contribution in [0.5, 0.6) is 0 Å². The van der Waals surface area contributed by atoms with Gasteiger partial charge in [0.15, 0.2) is 0 Å². The molecule has 3 rings (SSSR count). The van der Waals surface area contributed by atoms with Crippen LogP contribution in [-0.4, -0.2) is 73.3 Å². The van der Waals surface area contributed by atoms with E-state index in [1.807, 2.05) is 18.6 Å². The number of benzene rings is 1. The first-order chi connectivity index (χ1) is 14.8. The van der Waals surface area contributed by atoms with E-state index in [0.717, 1.165) is 23.3 Å². The second kappa shape index (κ2) is 10.9. The van der Waals surface area contributed by atoms with Crippen molar-refractivity contribution in [2.45, 2.75) is 30.8 Å². The van der Waals surface area contributed by atoms with Gasteiger partial charge in [-0.15, -0.1) is 11.3 Å². The largest absolute Gasteiger partial charge is 0.339 e. The molecule has 170 valence electrons. The first-order valence-electron chi connectivity index (χ1n) is 9.98. The molecule has 0 aliphatic carbocycles. The second-order valence-corrected chi connectivity index (χ2v) is 11.1. The monoisotopic (exact) mass is 486 g/mol. The molecular weight excluding hydrogens is 459 g/mol. The fourth-order valence-corrected chi connectivity index (χ4v) is 5.82. The maximum Gasteiger partial charge on any atom is 0.244 e. The molecule has 1 aromatic carbocycles. The van der Waals surface area contributed by atoms with Crippen LogP contribution < -0.4 is 4.72 Å². The summed E-state index contributed by atoms with van der Waals surface area (Å²) in [6.45, 7) is 5.12. The van der Waals surface area contributed by atoms with Gasteiger partial charge in [0.2, 0.25) is 15.9 Å². The molecule has 0 bridgehead atoms. The Morgan fingerprint density at radius 1 is 1.29 bits per heavy atom. The number of aromatic nitrogens is 1. The molecule has 0 saturated carbocycles. The number of hydrogen-bond donors (Lipinski definition) is 1. The molecule has 1 aliphatic rings. The summed E-state index contributed by atoms with van der Waals surface area (Å²) in [6.07, 6.45) is 2.23. The van der Waals surface area contributed by atoms with E-state index in [1.165, 1.54) is 30.0 Å². The average molecular weight is 487 g/mol. The zero-order valence-corrected chi connectivity index (χ0v) is 20.0. The number of thioether (sulfide) groups is 1. The number of amides is 1. The summed E-state index contributed by atoms with van der Waals surface area (Å²) in [4.78, 5) is 21.1. The van der Waals surface area contributed by atoms with E-state index in [4.69, 9.17) is 0 Å². The number of carbonyl (C=O) groups is 1. The third-order valence-electron chi connectivity index (χ3n) is 5.07. The van der Waals surface area contributed by atoms with Gasteiger partial charge in [-0.25, -0.2) is 17.8 Å². The minimum Gasteiger partial charge on any atom is -0.339 e. The highest BCUT2D eigenvalue weighted by atomic mass is 32.2. The smallest absolute Gasteiger partial charge is 0.244 e. The van der Waals surface area contributed by atoms with Crippen LogP contribution in [0.2, 0.25) is 0 Å². The fraction of sp³-hybridized carbons (Fsp3) is 0.500. The number of nitrogens with zero attached hydrogens (tertiary/aromatic N) is 3. The molecule has 1 N–H and O–H groups in total. The van der Waals surface area contributed by atoms with Gasteiger partial charge in [0.1, 0.15) is 16.8 Å². The van der Waals surface area contributed by atoms with Crippen LogP contribution in [0.15, 0.2) is 34.5 Å². The van der Waals surface area contributed by atoms with Crippen LogP contribution >= 0.6 is 23.1 Å². The number of halogens is 1. The molecule has 1 atom stereocenters. The van der Waals surface area contributed by atoms with Crippen LogP contribution in [0, 0.1) is 12.7 Å². The van der Waals surface area contributed by atoms with E-state index in [2.05, 4.69) is 14.6 Å². The van der Waals surface area contributed by atoms with Crippen molar-refractivity contribution in [3.05, 3.63) is 46.2 Å². The van der Waals surface area contributed by atoms with E-state index >= 15 is 0 Å². The third-order valence-corrected chi connectivity index (χ3v) is 8.04. The molecule has 7 nitrogen and oxygen atoms in total. The molecule has 31 heavy (non-hydrogen) atoms. The molecule has 1 aliphatic heterocycles. The fourth-order valence-electron chi connectivity index (χ4n) is 3.44. The second-order valence-electron chi connectivity index (χ2n) is 7.35.